The van der Waals surface area contributed by atoms with Gasteiger partial charge in [0.25, 0.3) is 5.91 Å². The van der Waals surface area contributed by atoms with Crippen LogP contribution < -0.4 is 5.73 Å². The first-order valence-corrected chi connectivity index (χ1v) is 6.33. The summed E-state index contributed by atoms with van der Waals surface area (Å²) in [6.45, 7) is 1.37. The van der Waals surface area contributed by atoms with Gasteiger partial charge in [-0.15, -0.1) is 11.3 Å². The van der Waals surface area contributed by atoms with Crippen molar-refractivity contribution in [1.82, 2.24) is 4.90 Å². The number of nitrogens with zero attached hydrogens (tertiary/aromatic N) is 1. The molecule has 90 valence electrons. The van der Waals surface area contributed by atoms with E-state index in [1.807, 2.05) is 0 Å². The molecule has 1 atom stereocenters. The van der Waals surface area contributed by atoms with Gasteiger partial charge in [0.15, 0.2) is 0 Å². The number of aliphatic hydroxyl groups is 1. The monoisotopic (exact) mass is 250 g/mol. The standard InChI is InChI=1S/C12H14N2O2S/c13-4-1-2-11-6-9(8-17-11)12(16)14-5-3-10(15)7-14/h6,8,10,15H,3-5,7,13H2. The molecule has 1 aromatic heterocycles. The maximum absolute atomic E-state index is 12.0. The number of carbonyl (C=O) groups excluding carboxylic acids is 1. The van der Waals surface area contributed by atoms with Crippen molar-refractivity contribution in [3.63, 3.8) is 0 Å². The minimum Gasteiger partial charge on any atom is -0.391 e. The highest BCUT2D eigenvalue weighted by Crippen LogP contribution is 2.18. The summed E-state index contributed by atoms with van der Waals surface area (Å²) in [5, 5.41) is 11.2. The Hall–Kier alpha value is -1.35. The number of amides is 1. The Morgan fingerprint density at radius 3 is 3.18 bits per heavy atom. The molecule has 4 nitrogen and oxygen atoms in total. The Kier molecular flexibility index (Phi) is 3.79. The summed E-state index contributed by atoms with van der Waals surface area (Å²) >= 11 is 1.44. The summed E-state index contributed by atoms with van der Waals surface area (Å²) < 4.78 is 0. The van der Waals surface area contributed by atoms with Crippen LogP contribution >= 0.6 is 11.3 Å². The Bertz CT molecular complexity index is 472. The maximum atomic E-state index is 12.0. The summed E-state index contributed by atoms with van der Waals surface area (Å²) in [4.78, 5) is 14.5. The Labute approximate surface area is 104 Å². The molecule has 0 aliphatic carbocycles. The number of nitrogens with two attached hydrogens (primary N) is 1. The summed E-state index contributed by atoms with van der Waals surface area (Å²) in [6, 6.07) is 1.78. The van der Waals surface area contributed by atoms with E-state index in [1.165, 1.54) is 11.3 Å². The topological polar surface area (TPSA) is 66.6 Å². The predicted molar refractivity (Wildman–Crippen MR) is 66.8 cm³/mol. The molecule has 1 unspecified atom stereocenters. The van der Waals surface area contributed by atoms with Crippen molar-refractivity contribution in [1.29, 1.82) is 0 Å². The minimum atomic E-state index is -0.380. The second-order valence-corrected chi connectivity index (χ2v) is 4.81. The molecule has 0 spiro atoms. The second-order valence-electron chi connectivity index (χ2n) is 3.90. The number of hydrogen-bond acceptors (Lipinski definition) is 4. The smallest absolute Gasteiger partial charge is 0.254 e. The molecule has 3 N–H and O–H groups in total. The van der Waals surface area contributed by atoms with Crippen molar-refractivity contribution < 1.29 is 9.90 Å². The molecule has 17 heavy (non-hydrogen) atoms. The summed E-state index contributed by atoms with van der Waals surface area (Å²) in [5.41, 5.74) is 5.93. The van der Waals surface area contributed by atoms with E-state index in [0.717, 1.165) is 4.88 Å². The minimum absolute atomic E-state index is 0.0291. The quantitative estimate of drug-likeness (QED) is 0.703. The lowest BCUT2D eigenvalue weighted by Crippen LogP contribution is -2.29. The van der Waals surface area contributed by atoms with Gasteiger partial charge in [-0.05, 0) is 12.5 Å². The fourth-order valence-electron chi connectivity index (χ4n) is 1.76. The maximum Gasteiger partial charge on any atom is 0.254 e. The average Bonchev–Trinajstić information content (AvgIpc) is 2.94. The van der Waals surface area contributed by atoms with Gasteiger partial charge in [0.05, 0.1) is 23.1 Å². The van der Waals surface area contributed by atoms with Gasteiger partial charge in [-0.1, -0.05) is 11.8 Å². The fourth-order valence-corrected chi connectivity index (χ4v) is 2.51. The molecule has 0 saturated carbocycles. The van der Waals surface area contributed by atoms with Crippen molar-refractivity contribution >= 4 is 17.2 Å². The first-order valence-electron chi connectivity index (χ1n) is 5.45. The average molecular weight is 250 g/mol. The summed E-state index contributed by atoms with van der Waals surface area (Å²) in [6.07, 6.45) is 0.282. The zero-order chi connectivity index (χ0) is 12.3. The SMILES string of the molecule is NCC#Cc1cc(C(=O)N2CCC(O)C2)cs1. The van der Waals surface area contributed by atoms with Gasteiger partial charge >= 0.3 is 0 Å². The van der Waals surface area contributed by atoms with Gasteiger partial charge in [-0.3, -0.25) is 4.79 Å². The van der Waals surface area contributed by atoms with E-state index in [9.17, 15) is 9.90 Å². The molecular weight excluding hydrogens is 236 g/mol. The molecule has 2 heterocycles. The van der Waals surface area contributed by atoms with Crippen molar-refractivity contribution in [2.24, 2.45) is 5.73 Å². The normalized spacial score (nSPS) is 18.9. The van der Waals surface area contributed by atoms with E-state index in [1.54, 1.807) is 16.3 Å². The van der Waals surface area contributed by atoms with Gasteiger partial charge in [0.1, 0.15) is 0 Å². The van der Waals surface area contributed by atoms with Crippen molar-refractivity contribution in [3.05, 3.63) is 21.9 Å². The molecule has 1 aromatic rings. The van der Waals surface area contributed by atoms with Crippen LogP contribution in [0, 0.1) is 11.8 Å². The first-order chi connectivity index (χ1) is 8.20. The van der Waals surface area contributed by atoms with Crippen LogP contribution in [-0.4, -0.2) is 41.7 Å². The number of likely N-dealkylation sites (tertiary alicyclic amines) is 1. The van der Waals surface area contributed by atoms with Crippen LogP contribution in [0.25, 0.3) is 0 Å². The van der Waals surface area contributed by atoms with Gasteiger partial charge in [-0.25, -0.2) is 0 Å². The van der Waals surface area contributed by atoms with Crippen molar-refractivity contribution in [2.45, 2.75) is 12.5 Å². The first kappa shape index (κ1) is 12.1. The van der Waals surface area contributed by atoms with Gasteiger partial charge in [0.2, 0.25) is 0 Å². The number of hydrogen-bond donors (Lipinski definition) is 2. The highest BCUT2D eigenvalue weighted by atomic mass is 32.1. The lowest BCUT2D eigenvalue weighted by molar-refractivity contribution is 0.0765. The van der Waals surface area contributed by atoms with Crippen LogP contribution in [0.1, 0.15) is 21.7 Å². The summed E-state index contributed by atoms with van der Waals surface area (Å²) in [5.74, 6) is 5.63. The van der Waals surface area contributed by atoms with E-state index in [-0.39, 0.29) is 12.0 Å². The van der Waals surface area contributed by atoms with Crippen LogP contribution in [0.3, 0.4) is 0 Å². The molecule has 5 heteroatoms. The Morgan fingerprint density at radius 1 is 1.71 bits per heavy atom. The molecule has 2 rings (SSSR count). The van der Waals surface area contributed by atoms with Gasteiger partial charge < -0.3 is 15.7 Å². The van der Waals surface area contributed by atoms with Gasteiger partial charge in [0, 0.05) is 18.5 Å². The zero-order valence-electron chi connectivity index (χ0n) is 9.35. The van der Waals surface area contributed by atoms with E-state index in [0.29, 0.717) is 31.6 Å². The fraction of sp³-hybridized carbons (Fsp3) is 0.417. The molecule has 1 amide bonds. The number of β-amino-alcohol motifs (C(OH)–C–C–N with tert-alkyl or cyclic N) is 1. The van der Waals surface area contributed by atoms with E-state index in [4.69, 9.17) is 5.73 Å². The molecule has 0 radical (unpaired) electrons. The van der Waals surface area contributed by atoms with Crippen LogP contribution in [0.2, 0.25) is 0 Å². The van der Waals surface area contributed by atoms with Crippen molar-refractivity contribution in [3.8, 4) is 11.8 Å². The summed E-state index contributed by atoms with van der Waals surface area (Å²) in [7, 11) is 0. The number of thiophene rings is 1. The molecule has 0 bridgehead atoms. The third-order valence-corrected chi connectivity index (χ3v) is 3.46. The second kappa shape index (κ2) is 5.32. The molecule has 1 fully saturated rings. The van der Waals surface area contributed by atoms with Gasteiger partial charge in [-0.2, -0.15) is 0 Å². The highest BCUT2D eigenvalue weighted by molar-refractivity contribution is 7.10. The van der Waals surface area contributed by atoms with E-state index in [2.05, 4.69) is 11.8 Å². The number of aliphatic hydroxyl groups excluding tert-OH is 1. The molecule has 1 saturated heterocycles. The highest BCUT2D eigenvalue weighted by Gasteiger charge is 2.25. The molecule has 1 aliphatic heterocycles. The van der Waals surface area contributed by atoms with E-state index < -0.39 is 0 Å². The number of carbonyl (C=O) groups is 1. The molecule has 1 aliphatic rings. The van der Waals surface area contributed by atoms with Crippen molar-refractivity contribution in [2.75, 3.05) is 19.6 Å². The number of rotatable bonds is 1. The third-order valence-electron chi connectivity index (χ3n) is 2.61. The lowest BCUT2D eigenvalue weighted by Gasteiger charge is -2.13. The zero-order valence-corrected chi connectivity index (χ0v) is 10.2. The molecule has 0 aromatic carbocycles. The lowest BCUT2D eigenvalue weighted by atomic mass is 10.2. The van der Waals surface area contributed by atoms with E-state index >= 15 is 0 Å². The Balaban J connectivity index is 2.07. The third kappa shape index (κ3) is 2.86. The van der Waals surface area contributed by atoms with Crippen LogP contribution in [0.4, 0.5) is 0 Å². The van der Waals surface area contributed by atoms with Crippen LogP contribution in [0.5, 0.6) is 0 Å². The predicted octanol–water partition coefficient (Wildman–Crippen LogP) is 0.265. The van der Waals surface area contributed by atoms with Crippen LogP contribution in [0.15, 0.2) is 11.4 Å². The molecular formula is C12H14N2O2S. The van der Waals surface area contributed by atoms with Crippen LogP contribution in [-0.2, 0) is 0 Å². The Morgan fingerprint density at radius 2 is 2.53 bits per heavy atom. The largest absolute Gasteiger partial charge is 0.391 e.